The van der Waals surface area contributed by atoms with Crippen LogP contribution in [0, 0.1) is 11.3 Å². The molecule has 0 spiro atoms. The van der Waals surface area contributed by atoms with E-state index in [0.29, 0.717) is 18.7 Å². The SMILES string of the molecule is CC1(O)CN(c2ccc(C#N)c3ccccc23)C1. The van der Waals surface area contributed by atoms with Crippen LogP contribution in [0.3, 0.4) is 0 Å². The summed E-state index contributed by atoms with van der Waals surface area (Å²) in [4.78, 5) is 2.14. The van der Waals surface area contributed by atoms with Gasteiger partial charge in [0.15, 0.2) is 0 Å². The Bertz CT molecular complexity index is 647. The maximum atomic E-state index is 9.82. The highest BCUT2D eigenvalue weighted by Crippen LogP contribution is 2.34. The van der Waals surface area contributed by atoms with Crippen molar-refractivity contribution in [1.82, 2.24) is 0 Å². The number of benzene rings is 2. The zero-order valence-electron chi connectivity index (χ0n) is 10.2. The van der Waals surface area contributed by atoms with Gasteiger partial charge in [0.1, 0.15) is 0 Å². The van der Waals surface area contributed by atoms with E-state index in [-0.39, 0.29) is 0 Å². The van der Waals surface area contributed by atoms with Crippen LogP contribution in [0.2, 0.25) is 0 Å². The van der Waals surface area contributed by atoms with Gasteiger partial charge in [0, 0.05) is 29.5 Å². The van der Waals surface area contributed by atoms with Crippen LogP contribution in [0.1, 0.15) is 12.5 Å². The van der Waals surface area contributed by atoms with Crippen molar-refractivity contribution in [3.8, 4) is 6.07 Å². The standard InChI is InChI=1S/C15H14N2O/c1-15(18)9-17(10-15)14-7-6-11(8-16)12-4-2-3-5-13(12)14/h2-7,18H,9-10H2,1H3. The number of anilines is 1. The molecule has 0 unspecified atom stereocenters. The van der Waals surface area contributed by atoms with Crippen molar-refractivity contribution in [1.29, 1.82) is 5.26 Å². The van der Waals surface area contributed by atoms with E-state index in [2.05, 4.69) is 11.0 Å². The van der Waals surface area contributed by atoms with Crippen molar-refractivity contribution in [2.45, 2.75) is 12.5 Å². The summed E-state index contributed by atoms with van der Waals surface area (Å²) >= 11 is 0. The number of nitriles is 1. The van der Waals surface area contributed by atoms with Gasteiger partial charge in [0.2, 0.25) is 0 Å². The monoisotopic (exact) mass is 238 g/mol. The van der Waals surface area contributed by atoms with Crippen molar-refractivity contribution < 1.29 is 5.11 Å². The summed E-state index contributed by atoms with van der Waals surface area (Å²) in [5.41, 5.74) is 1.20. The Morgan fingerprint density at radius 2 is 1.83 bits per heavy atom. The van der Waals surface area contributed by atoms with Gasteiger partial charge in [-0.3, -0.25) is 0 Å². The molecule has 18 heavy (non-hydrogen) atoms. The van der Waals surface area contributed by atoms with Crippen LogP contribution in [0.15, 0.2) is 36.4 Å². The number of β-amino-alcohol motifs (C(OH)–C–C–N with tert-alkyl or cyclic N) is 1. The van der Waals surface area contributed by atoms with Gasteiger partial charge in [0.25, 0.3) is 0 Å². The molecule has 0 aromatic heterocycles. The summed E-state index contributed by atoms with van der Waals surface area (Å²) < 4.78 is 0. The summed E-state index contributed by atoms with van der Waals surface area (Å²) in [5.74, 6) is 0. The molecule has 0 radical (unpaired) electrons. The molecular weight excluding hydrogens is 224 g/mol. The van der Waals surface area contributed by atoms with Crippen molar-refractivity contribution in [3.63, 3.8) is 0 Å². The van der Waals surface area contributed by atoms with Crippen molar-refractivity contribution in [2.24, 2.45) is 0 Å². The first-order valence-electron chi connectivity index (χ1n) is 6.00. The Morgan fingerprint density at radius 3 is 2.44 bits per heavy atom. The Hall–Kier alpha value is -2.05. The van der Waals surface area contributed by atoms with Crippen LogP contribution >= 0.6 is 0 Å². The van der Waals surface area contributed by atoms with Gasteiger partial charge in [-0.05, 0) is 19.1 Å². The zero-order chi connectivity index (χ0) is 12.8. The average Bonchev–Trinajstić information content (AvgIpc) is 2.34. The number of nitrogens with zero attached hydrogens (tertiary/aromatic N) is 2. The number of rotatable bonds is 1. The molecule has 2 aromatic carbocycles. The third-order valence-electron chi connectivity index (χ3n) is 3.43. The van der Waals surface area contributed by atoms with E-state index >= 15 is 0 Å². The molecule has 3 heteroatoms. The third-order valence-corrected chi connectivity index (χ3v) is 3.43. The summed E-state index contributed by atoms with van der Waals surface area (Å²) in [5, 5.41) is 21.0. The summed E-state index contributed by atoms with van der Waals surface area (Å²) in [6.07, 6.45) is 0. The average molecular weight is 238 g/mol. The minimum Gasteiger partial charge on any atom is -0.386 e. The van der Waals surface area contributed by atoms with Crippen LogP contribution in [0.25, 0.3) is 10.8 Å². The van der Waals surface area contributed by atoms with Crippen LogP contribution in [-0.2, 0) is 0 Å². The molecule has 1 fully saturated rings. The van der Waals surface area contributed by atoms with Crippen LogP contribution in [0.4, 0.5) is 5.69 Å². The maximum Gasteiger partial charge on any atom is 0.0998 e. The predicted molar refractivity (Wildman–Crippen MR) is 71.5 cm³/mol. The first-order chi connectivity index (χ1) is 8.61. The molecule has 1 N–H and O–H groups in total. The molecule has 1 aliphatic heterocycles. The molecule has 1 aliphatic rings. The minimum atomic E-state index is -0.588. The lowest BCUT2D eigenvalue weighted by molar-refractivity contribution is 0.0312. The van der Waals surface area contributed by atoms with Gasteiger partial charge in [-0.1, -0.05) is 24.3 Å². The second kappa shape index (κ2) is 3.72. The fourth-order valence-electron chi connectivity index (χ4n) is 2.60. The summed E-state index contributed by atoms with van der Waals surface area (Å²) in [7, 11) is 0. The molecule has 2 aromatic rings. The largest absolute Gasteiger partial charge is 0.386 e. The van der Waals surface area contributed by atoms with Gasteiger partial charge >= 0.3 is 0 Å². The number of fused-ring (bicyclic) bond motifs is 1. The molecule has 1 saturated heterocycles. The predicted octanol–water partition coefficient (Wildman–Crippen LogP) is 2.28. The van der Waals surface area contributed by atoms with Gasteiger partial charge < -0.3 is 10.0 Å². The molecule has 0 saturated carbocycles. The first kappa shape index (κ1) is 11.1. The number of hydrogen-bond acceptors (Lipinski definition) is 3. The molecular formula is C15H14N2O. The number of hydrogen-bond donors (Lipinski definition) is 1. The highest BCUT2D eigenvalue weighted by Gasteiger charge is 2.37. The third kappa shape index (κ3) is 1.62. The smallest absolute Gasteiger partial charge is 0.0998 e. The maximum absolute atomic E-state index is 9.82. The van der Waals surface area contributed by atoms with Gasteiger partial charge in [0.05, 0.1) is 17.2 Å². The van der Waals surface area contributed by atoms with E-state index in [4.69, 9.17) is 5.26 Å². The summed E-state index contributed by atoms with van der Waals surface area (Å²) in [6.45, 7) is 3.13. The van der Waals surface area contributed by atoms with Crippen LogP contribution in [0.5, 0.6) is 0 Å². The van der Waals surface area contributed by atoms with Gasteiger partial charge in [-0.15, -0.1) is 0 Å². The van der Waals surface area contributed by atoms with Crippen LogP contribution < -0.4 is 4.90 Å². The van der Waals surface area contributed by atoms with E-state index < -0.39 is 5.60 Å². The molecule has 1 heterocycles. The van der Waals surface area contributed by atoms with E-state index in [1.54, 1.807) is 0 Å². The van der Waals surface area contributed by atoms with Crippen molar-refractivity contribution in [2.75, 3.05) is 18.0 Å². The van der Waals surface area contributed by atoms with E-state index in [0.717, 1.165) is 16.5 Å². The molecule has 0 aliphatic carbocycles. The Balaban J connectivity index is 2.12. The molecule has 3 nitrogen and oxygen atoms in total. The topological polar surface area (TPSA) is 47.3 Å². The first-order valence-corrected chi connectivity index (χ1v) is 6.00. The Labute approximate surface area is 106 Å². The lowest BCUT2D eigenvalue weighted by Crippen LogP contribution is -2.60. The van der Waals surface area contributed by atoms with E-state index in [1.807, 2.05) is 43.3 Å². The fourth-order valence-corrected chi connectivity index (χ4v) is 2.60. The molecule has 0 bridgehead atoms. The number of aliphatic hydroxyl groups is 1. The molecule has 0 amide bonds. The highest BCUT2D eigenvalue weighted by molar-refractivity contribution is 5.98. The van der Waals surface area contributed by atoms with E-state index in [1.165, 1.54) is 0 Å². The minimum absolute atomic E-state index is 0.588. The molecule has 0 atom stereocenters. The quantitative estimate of drug-likeness (QED) is 0.829. The highest BCUT2D eigenvalue weighted by atomic mass is 16.3. The second-order valence-electron chi connectivity index (χ2n) is 5.14. The lowest BCUT2D eigenvalue weighted by atomic mass is 9.94. The Morgan fingerprint density at radius 1 is 1.17 bits per heavy atom. The summed E-state index contributed by atoms with van der Waals surface area (Å²) in [6, 6.07) is 14.0. The zero-order valence-corrected chi connectivity index (χ0v) is 10.2. The fraction of sp³-hybridized carbons (Fsp3) is 0.267. The lowest BCUT2D eigenvalue weighted by Gasteiger charge is -2.46. The normalized spacial score (nSPS) is 17.3. The van der Waals surface area contributed by atoms with E-state index in [9.17, 15) is 5.11 Å². The molecule has 3 rings (SSSR count). The second-order valence-corrected chi connectivity index (χ2v) is 5.14. The Kier molecular flexibility index (Phi) is 2.29. The van der Waals surface area contributed by atoms with Gasteiger partial charge in [-0.2, -0.15) is 5.26 Å². The van der Waals surface area contributed by atoms with Gasteiger partial charge in [-0.25, -0.2) is 0 Å². The van der Waals surface area contributed by atoms with Crippen molar-refractivity contribution >= 4 is 16.5 Å². The molecule has 90 valence electrons. The van der Waals surface area contributed by atoms with Crippen LogP contribution in [-0.4, -0.2) is 23.8 Å². The van der Waals surface area contributed by atoms with Crippen molar-refractivity contribution in [3.05, 3.63) is 42.0 Å².